The Hall–Kier alpha value is -7.43. The smallest absolute Gasteiger partial charge is 0.632 e. The average molecular weight is 1410 g/mol. The van der Waals surface area contributed by atoms with E-state index >= 15 is 0 Å². The molecule has 444 valence electrons. The van der Waals surface area contributed by atoms with Gasteiger partial charge in [-0.15, -0.1) is 0 Å². The molecule has 10 rings (SSSR count). The first-order valence-corrected chi connectivity index (χ1v) is 27.9. The predicted molar refractivity (Wildman–Crippen MR) is 332 cm³/mol. The van der Waals surface area contributed by atoms with Gasteiger partial charge in [0.15, 0.2) is 0 Å². The maximum Gasteiger partial charge on any atom is 2.00 e. The second-order valence-electron chi connectivity index (χ2n) is 16.3. The fourth-order valence-corrected chi connectivity index (χ4v) is 9.04. The number of carbonyl (C=O) groups excluding carboxylic acids is 8. The molecule has 0 spiro atoms. The van der Waals surface area contributed by atoms with Gasteiger partial charge in [-0.05, 0) is 103 Å². The third kappa shape index (κ3) is 25.3. The molecule has 4 amide bonds. The molecule has 0 saturated heterocycles. The van der Waals surface area contributed by atoms with Crippen molar-refractivity contribution in [1.82, 2.24) is 34.9 Å². The molecule has 0 saturated carbocycles. The fourth-order valence-electron chi connectivity index (χ4n) is 7.30. The van der Waals surface area contributed by atoms with Crippen LogP contribution in [0.1, 0.15) is 0 Å². The fraction of sp³-hybridized carbons (Fsp3) is 0.0702. The molecule has 88 heavy (non-hydrogen) atoms. The van der Waals surface area contributed by atoms with Crippen LogP contribution in [0, 0.1) is 0 Å². The van der Waals surface area contributed by atoms with Gasteiger partial charge in [0.05, 0.1) is 80.8 Å². The number of aromatic nitrogens is 7. The van der Waals surface area contributed by atoms with Crippen molar-refractivity contribution in [2.24, 2.45) is 0 Å². The summed E-state index contributed by atoms with van der Waals surface area (Å²) in [4.78, 5) is 105. The number of nitrogens with one attached hydrogen (secondary N) is 8. The number of imidazole rings is 3. The van der Waals surface area contributed by atoms with Crippen LogP contribution in [0.15, 0.2) is 152 Å². The molecule has 8 N–H and O–H groups in total. The summed E-state index contributed by atoms with van der Waals surface area (Å²) in [7, 11) is 4.42. The number of aromatic amines is 4. The Bertz CT molecular complexity index is 3570. The number of rotatable bonds is 14. The number of benzene rings is 4. The largest absolute Gasteiger partial charge is 2.00 e. The Labute approximate surface area is 559 Å². The van der Waals surface area contributed by atoms with Gasteiger partial charge in [-0.3, -0.25) is 19.2 Å². The molecule has 4 atom stereocenters. The Morgan fingerprint density at radius 3 is 0.943 bits per heavy atom. The van der Waals surface area contributed by atoms with Crippen molar-refractivity contribution in [2.75, 3.05) is 28.4 Å². The molecule has 4 unspecified atom stereocenters. The zero-order valence-corrected chi connectivity index (χ0v) is 56.1. The average Bonchev–Trinajstić information content (AvgIpc) is 1.58. The van der Waals surface area contributed by atoms with Gasteiger partial charge >= 0.3 is 74.2 Å². The van der Waals surface area contributed by atoms with E-state index in [2.05, 4.69) is 139 Å². The molecule has 4 radical (unpaired) electrons. The van der Waals surface area contributed by atoms with Crippen molar-refractivity contribution in [3.8, 4) is 78.4 Å². The number of fused-ring (bicyclic) bond motifs is 2. The van der Waals surface area contributed by atoms with Crippen molar-refractivity contribution in [1.29, 1.82) is 0 Å². The van der Waals surface area contributed by atoms with Gasteiger partial charge in [-0.25, -0.2) is 47.6 Å². The van der Waals surface area contributed by atoms with E-state index in [1.165, 1.54) is 0 Å². The van der Waals surface area contributed by atoms with E-state index in [9.17, 15) is 38.4 Å². The number of H-pyrrole nitrogens is 4. The van der Waals surface area contributed by atoms with E-state index < -0.39 is 24.4 Å². The van der Waals surface area contributed by atoms with Crippen molar-refractivity contribution in [3.63, 3.8) is 0 Å². The van der Waals surface area contributed by atoms with E-state index in [1.807, 2.05) is 72.6 Å². The topological polar surface area (TPSA) is 371 Å². The van der Waals surface area contributed by atoms with Crippen LogP contribution in [0.4, 0.5) is 19.2 Å². The minimum atomic E-state index is -0.995. The molecule has 0 aliphatic heterocycles. The Morgan fingerprint density at radius 1 is 0.341 bits per heavy atom. The Kier molecular flexibility index (Phi) is 37.2. The standard InChI is InChI=1S/C25H17N3O2P2.C24H16N4O2P2.4C2H5NO2.4V/c29-14-31-24-10-9-22(27-24)21-8-7-19-11-18(5-6-20(19)12-21)16-1-3-17(4-2-16)23-13-26-25(28-23)32-15-30;29-13-31-23-25-11-21(27-23)16-3-1-15(2-4-16)20-9-18-7-5-17(6-8-19(18)10-20)22-12-26-24(28-22)32-14-30;4*1-5-2(3)4;;;;/h1-13,27,31-32H,(H,26,28);1-12,31-32H,(H,25,27)(H,26,28);4*1H3,(H2,3,4);;;;/q2*-2;;;;;4*+2/p-4. The molecule has 23 nitrogen and oxygen atoms in total. The molecule has 4 heterocycles. The number of amides is 4. The van der Waals surface area contributed by atoms with Crippen molar-refractivity contribution >= 4 is 116 Å². The SMILES string of the molecule is COC([NH-])=O.COC([NH-])=O.COC([NH-])=O.COC([NH-])=O.O=[C-]Pc1ccc(-c2ccc3cc(-c4ccc(-c5cnc(P[C-]=O)[nH]5)cc4)ccc3c2)[nH]1.O=[C-]Pc1ncc(-c2ccc(-c3cc4ccc(-c5cnc(P[C-]=O)[nH]5)ccc-4c3)cc2)[nH]1.[V+2].[V+2].[V+2].[V+2]. The second kappa shape index (κ2) is 41.7. The van der Waals surface area contributed by atoms with Gasteiger partial charge in [-0.1, -0.05) is 97.1 Å². The summed E-state index contributed by atoms with van der Waals surface area (Å²) in [6, 6.07) is 53.5. The number of methoxy groups -OCH3 is 4. The normalized spacial score (nSPS) is 10.0. The molecule has 2 aliphatic carbocycles. The number of nitrogens with zero attached hydrogens (tertiary/aromatic N) is 3. The van der Waals surface area contributed by atoms with E-state index in [0.29, 0.717) is 16.7 Å². The van der Waals surface area contributed by atoms with Crippen LogP contribution < -0.4 is 22.1 Å². The monoisotopic (exact) mass is 1410 g/mol. The van der Waals surface area contributed by atoms with Crippen LogP contribution in [0.5, 0.6) is 0 Å². The van der Waals surface area contributed by atoms with E-state index in [-0.39, 0.29) is 109 Å². The van der Waals surface area contributed by atoms with E-state index in [4.69, 9.17) is 22.9 Å². The first-order chi connectivity index (χ1) is 40.5. The number of hydrogen-bond donors (Lipinski definition) is 4. The van der Waals surface area contributed by atoms with Crippen molar-refractivity contribution < 1.29 is 132 Å². The minimum absolute atomic E-state index is 0. The molecule has 0 bridgehead atoms. The summed E-state index contributed by atoms with van der Waals surface area (Å²) in [6.07, 6.45) is 1.24. The molecule has 31 heteroatoms. The molecule has 4 aromatic carbocycles. The van der Waals surface area contributed by atoms with Crippen LogP contribution >= 0.6 is 34.3 Å². The summed E-state index contributed by atoms with van der Waals surface area (Å²) in [5.41, 5.74) is 41.3. The third-order valence-corrected chi connectivity index (χ3v) is 13.7. The number of ether oxygens (including phenoxy) is 4. The summed E-state index contributed by atoms with van der Waals surface area (Å²) in [6.45, 7) is 0. The van der Waals surface area contributed by atoms with Crippen LogP contribution in [-0.4, -0.2) is 112 Å². The number of hydrogen-bond acceptors (Lipinski definition) is 15. The quantitative estimate of drug-likeness (QED) is 0.0446. The molecule has 2 aliphatic rings. The zero-order valence-electron chi connectivity index (χ0n) is 46.5. The number of carbonyl (C=O) groups is 4. The van der Waals surface area contributed by atoms with Crippen LogP contribution in [0.25, 0.3) is 112 Å². The van der Waals surface area contributed by atoms with Crippen molar-refractivity contribution in [3.05, 3.63) is 175 Å². The predicted octanol–water partition coefficient (Wildman–Crippen LogP) is 11.8. The first kappa shape index (κ1) is 78.6. The molecule has 0 fully saturated rings. The van der Waals surface area contributed by atoms with E-state index in [0.717, 1.165) is 123 Å². The van der Waals surface area contributed by atoms with E-state index in [1.54, 1.807) is 18.6 Å². The van der Waals surface area contributed by atoms with Gasteiger partial charge in [0.1, 0.15) is 0 Å². The maximum atomic E-state index is 10.6. The third-order valence-electron chi connectivity index (χ3n) is 11.2. The minimum Gasteiger partial charge on any atom is -0.632 e. The summed E-state index contributed by atoms with van der Waals surface area (Å²) < 4.78 is 15.1. The molecular formula is C57H49N11O12P4V4. The summed E-state index contributed by atoms with van der Waals surface area (Å²) >= 11 is 0. The van der Waals surface area contributed by atoms with Gasteiger partial charge in [0.25, 0.3) is 0 Å². The summed E-state index contributed by atoms with van der Waals surface area (Å²) in [5, 5.41) is 2.32. The van der Waals surface area contributed by atoms with Crippen LogP contribution in [0.3, 0.4) is 0 Å². The summed E-state index contributed by atoms with van der Waals surface area (Å²) in [5.74, 6) is 0. The van der Waals surface area contributed by atoms with Gasteiger partial charge in [-0.2, -0.15) is 25.7 Å². The second-order valence-corrected chi connectivity index (χ2v) is 20.1. The van der Waals surface area contributed by atoms with Crippen LogP contribution in [0.2, 0.25) is 0 Å². The van der Waals surface area contributed by atoms with Crippen LogP contribution in [-0.2, 0) is 112 Å². The molecular weight excluding hydrogens is 1360 g/mol. The van der Waals surface area contributed by atoms with Crippen molar-refractivity contribution in [2.45, 2.75) is 0 Å². The Balaban J connectivity index is 0.000000651. The van der Waals surface area contributed by atoms with Gasteiger partial charge < -0.3 is 81.0 Å². The molecule has 8 aromatic rings. The van der Waals surface area contributed by atoms with Gasteiger partial charge in [0, 0.05) is 11.1 Å². The maximum absolute atomic E-state index is 10.6. The first-order valence-electron chi connectivity index (χ1n) is 23.9. The molecule has 4 aromatic heterocycles. The Morgan fingerprint density at radius 2 is 0.614 bits per heavy atom. The zero-order chi connectivity index (χ0) is 61.0. The van der Waals surface area contributed by atoms with Gasteiger partial charge in [0.2, 0.25) is 24.4 Å².